The molecule has 0 spiro atoms. The number of aryl methyl sites for hydroxylation is 1. The van der Waals surface area contributed by atoms with Crippen LogP contribution < -0.4 is 10.3 Å². The predicted molar refractivity (Wildman–Crippen MR) is 126 cm³/mol. The monoisotopic (exact) mass is 535 g/mol. The lowest BCUT2D eigenvalue weighted by Gasteiger charge is -2.32. The van der Waals surface area contributed by atoms with Crippen LogP contribution in [-0.4, -0.2) is 60.7 Å². The molecule has 2 N–H and O–H groups in total. The molecule has 188 valence electrons. The lowest BCUT2D eigenvalue weighted by molar-refractivity contribution is 0.0941. The molecule has 0 radical (unpaired) electrons. The summed E-state index contributed by atoms with van der Waals surface area (Å²) in [6, 6.07) is 2.54. The van der Waals surface area contributed by atoms with Crippen molar-refractivity contribution in [2.75, 3.05) is 18.8 Å². The zero-order chi connectivity index (χ0) is 25.3. The number of imidazole rings is 1. The number of carbonyl (C=O) groups is 1. The Labute approximate surface area is 203 Å². The number of piperidine rings is 1. The first kappa shape index (κ1) is 26.5. The van der Waals surface area contributed by atoms with Gasteiger partial charge in [0.1, 0.15) is 0 Å². The quantitative estimate of drug-likeness (QED) is 0.496. The number of sulfonamides is 2. The third kappa shape index (κ3) is 6.13. The fourth-order valence-corrected chi connectivity index (χ4v) is 6.54. The van der Waals surface area contributed by atoms with Gasteiger partial charge in [0, 0.05) is 31.9 Å². The van der Waals surface area contributed by atoms with Crippen molar-refractivity contribution in [3.8, 4) is 11.3 Å². The molecule has 2 heterocycles. The number of benzene rings is 1. The van der Waals surface area contributed by atoms with E-state index in [1.807, 2.05) is 10.3 Å². The van der Waals surface area contributed by atoms with Crippen molar-refractivity contribution >= 4 is 37.6 Å². The first-order valence-electron chi connectivity index (χ1n) is 10.6. The molecule has 1 atom stereocenters. The fraction of sp³-hybridized carbons (Fsp3) is 0.500. The molecule has 1 unspecified atom stereocenters. The number of nitrogens with zero attached hydrogens (tertiary/aromatic N) is 3. The predicted octanol–water partition coefficient (Wildman–Crippen LogP) is 1.89. The Morgan fingerprint density at radius 2 is 2.00 bits per heavy atom. The highest BCUT2D eigenvalue weighted by molar-refractivity contribution is 7.90. The average Bonchev–Trinajstić information content (AvgIpc) is 3.20. The van der Waals surface area contributed by atoms with Gasteiger partial charge < -0.3 is 4.57 Å². The zero-order valence-corrected chi connectivity index (χ0v) is 21.3. The van der Waals surface area contributed by atoms with Gasteiger partial charge in [-0.1, -0.05) is 11.6 Å². The van der Waals surface area contributed by atoms with E-state index in [0.29, 0.717) is 30.6 Å². The molecule has 1 fully saturated rings. The minimum Gasteiger partial charge on any atom is -0.340 e. The van der Waals surface area contributed by atoms with E-state index in [1.54, 1.807) is 31.7 Å². The van der Waals surface area contributed by atoms with E-state index in [-0.39, 0.29) is 11.6 Å². The molecule has 1 aromatic carbocycles. The molecular weight excluding hydrogens is 509 g/mol. The van der Waals surface area contributed by atoms with Crippen molar-refractivity contribution in [3.05, 3.63) is 41.1 Å². The van der Waals surface area contributed by atoms with Crippen LogP contribution in [0.15, 0.2) is 24.7 Å². The van der Waals surface area contributed by atoms with Crippen molar-refractivity contribution < 1.29 is 26.0 Å². The van der Waals surface area contributed by atoms with E-state index in [4.69, 9.17) is 11.6 Å². The summed E-state index contributed by atoms with van der Waals surface area (Å²) in [5.41, 5.74) is 2.39. The fourth-order valence-electron chi connectivity index (χ4n) is 3.70. The van der Waals surface area contributed by atoms with Crippen molar-refractivity contribution in [2.24, 2.45) is 13.0 Å². The van der Waals surface area contributed by atoms with Gasteiger partial charge in [0.25, 0.3) is 5.91 Å². The van der Waals surface area contributed by atoms with Crippen molar-refractivity contribution in [2.45, 2.75) is 31.9 Å². The Hall–Kier alpha value is -2.06. The number of nitrogens with one attached hydrogen (secondary N) is 2. The molecular formula is C20H27ClFN5O5S2. The van der Waals surface area contributed by atoms with E-state index >= 15 is 0 Å². The lowest BCUT2D eigenvalue weighted by Crippen LogP contribution is -2.48. The molecule has 0 bridgehead atoms. The normalized spacial score (nSPS) is 17.8. The number of carbonyl (C=O) groups excluding carboxylic acids is 1. The summed E-state index contributed by atoms with van der Waals surface area (Å²) in [7, 11) is -5.78. The van der Waals surface area contributed by atoms with Gasteiger partial charge in [-0.2, -0.15) is 0 Å². The van der Waals surface area contributed by atoms with Gasteiger partial charge in [0.15, 0.2) is 5.82 Å². The van der Waals surface area contributed by atoms with Crippen LogP contribution in [0.1, 0.15) is 37.0 Å². The zero-order valence-electron chi connectivity index (χ0n) is 19.0. The molecule has 10 nitrogen and oxygen atoms in total. The summed E-state index contributed by atoms with van der Waals surface area (Å²) in [6.07, 6.45) is 4.23. The molecule has 2 aromatic rings. The summed E-state index contributed by atoms with van der Waals surface area (Å²) in [4.78, 5) is 18.7. The van der Waals surface area contributed by atoms with Crippen LogP contribution in [0.3, 0.4) is 0 Å². The Bertz CT molecular complexity index is 1280. The number of aromatic nitrogens is 2. The first-order chi connectivity index (χ1) is 15.8. The Morgan fingerprint density at radius 3 is 2.62 bits per heavy atom. The third-order valence-electron chi connectivity index (χ3n) is 5.49. The molecule has 1 amide bonds. The van der Waals surface area contributed by atoms with Crippen LogP contribution in [0.4, 0.5) is 4.39 Å². The van der Waals surface area contributed by atoms with E-state index < -0.39 is 54.3 Å². The molecule has 1 aliphatic rings. The number of hydrogen-bond acceptors (Lipinski definition) is 6. The van der Waals surface area contributed by atoms with Gasteiger partial charge in [-0.15, -0.1) is 4.83 Å². The highest BCUT2D eigenvalue weighted by atomic mass is 35.5. The highest BCUT2D eigenvalue weighted by Crippen LogP contribution is 2.27. The van der Waals surface area contributed by atoms with Crippen LogP contribution in [0, 0.1) is 11.7 Å². The highest BCUT2D eigenvalue weighted by Gasteiger charge is 2.33. The maximum absolute atomic E-state index is 14.5. The van der Waals surface area contributed by atoms with Crippen LogP contribution >= 0.6 is 11.6 Å². The van der Waals surface area contributed by atoms with Gasteiger partial charge >= 0.3 is 0 Å². The molecule has 1 saturated heterocycles. The van der Waals surface area contributed by atoms with Gasteiger partial charge in [-0.05, 0) is 44.7 Å². The Balaban J connectivity index is 1.68. The van der Waals surface area contributed by atoms with Crippen molar-refractivity contribution in [3.63, 3.8) is 0 Å². The van der Waals surface area contributed by atoms with E-state index in [2.05, 4.69) is 4.98 Å². The molecule has 34 heavy (non-hydrogen) atoms. The van der Waals surface area contributed by atoms with Gasteiger partial charge in [-0.3, -0.25) is 10.2 Å². The third-order valence-corrected chi connectivity index (χ3v) is 9.33. The topological polar surface area (TPSA) is 130 Å². The van der Waals surface area contributed by atoms with Crippen LogP contribution in [0.2, 0.25) is 5.02 Å². The lowest BCUT2D eigenvalue weighted by atomic mass is 10.0. The second kappa shape index (κ2) is 10.3. The molecule has 1 aromatic heterocycles. The molecule has 0 aliphatic carbocycles. The smallest absolute Gasteiger partial charge is 0.269 e. The number of halogens is 2. The number of rotatable bonds is 8. The maximum Gasteiger partial charge on any atom is 0.269 e. The summed E-state index contributed by atoms with van der Waals surface area (Å²) >= 11 is 5.93. The van der Waals surface area contributed by atoms with Gasteiger partial charge in [-0.25, -0.2) is 30.5 Å². The van der Waals surface area contributed by atoms with Crippen LogP contribution in [-0.2, 0) is 27.1 Å². The molecule has 0 saturated carbocycles. The maximum atomic E-state index is 14.5. The molecule has 3 rings (SSSR count). The Kier molecular flexibility index (Phi) is 8.03. The second-order valence-corrected chi connectivity index (χ2v) is 13.2. The summed E-state index contributed by atoms with van der Waals surface area (Å²) in [5.74, 6) is -2.88. The summed E-state index contributed by atoms with van der Waals surface area (Å²) in [5, 5.41) is -0.923. The summed E-state index contributed by atoms with van der Waals surface area (Å²) < 4.78 is 67.4. The number of hydrazine groups is 1. The van der Waals surface area contributed by atoms with Crippen molar-refractivity contribution in [1.82, 2.24) is 24.1 Å². The van der Waals surface area contributed by atoms with Crippen LogP contribution in [0.25, 0.3) is 11.3 Å². The largest absolute Gasteiger partial charge is 0.340 e. The molecule has 14 heteroatoms. The SMILES string of the molecule is CC(C)S(=O)(=O)N1CCCC(CS(=O)(=O)NNC(=O)c2cc(-c3cn(C)cn3)cc(Cl)c2F)C1. The second-order valence-electron chi connectivity index (χ2n) is 8.54. The van der Waals surface area contributed by atoms with Crippen LogP contribution in [0.5, 0.6) is 0 Å². The minimum atomic E-state index is -4.03. The van der Waals surface area contributed by atoms with E-state index in [0.717, 1.165) is 0 Å². The van der Waals surface area contributed by atoms with Crippen molar-refractivity contribution in [1.29, 1.82) is 0 Å². The van der Waals surface area contributed by atoms with E-state index in [9.17, 15) is 26.0 Å². The minimum absolute atomic E-state index is 0.0751. The van der Waals surface area contributed by atoms with Gasteiger partial charge in [0.2, 0.25) is 20.0 Å². The van der Waals surface area contributed by atoms with Gasteiger partial charge in [0.05, 0.1) is 33.6 Å². The first-order valence-corrected chi connectivity index (χ1v) is 14.1. The Morgan fingerprint density at radius 1 is 1.29 bits per heavy atom. The standard InChI is InChI=1S/C20H27ClFN5O5S2/c1-13(2)34(31,32)27-6-4-5-14(9-27)11-33(29,30)25-24-20(28)16-7-15(8-17(21)19(16)22)18-10-26(3)12-23-18/h7-8,10,12-14,25H,4-6,9,11H2,1-3H3,(H,24,28). The summed E-state index contributed by atoms with van der Waals surface area (Å²) in [6.45, 7) is 3.56. The molecule has 1 aliphatic heterocycles. The number of hydrogen-bond donors (Lipinski definition) is 2. The average molecular weight is 536 g/mol. The number of amides is 1. The van der Waals surface area contributed by atoms with E-state index in [1.165, 1.54) is 22.8 Å².